The highest BCUT2D eigenvalue weighted by Gasteiger charge is 2.46. The molecule has 0 amide bonds. The fraction of sp³-hybridized carbons (Fsp3) is 0.611. The van der Waals surface area contributed by atoms with E-state index >= 15 is 0 Å². The van der Waals surface area contributed by atoms with E-state index in [9.17, 15) is 9.90 Å². The predicted octanol–water partition coefficient (Wildman–Crippen LogP) is 3.78. The number of nitrogens with zero attached hydrogens (tertiary/aromatic N) is 1. The van der Waals surface area contributed by atoms with Gasteiger partial charge in [0.1, 0.15) is 5.54 Å². The van der Waals surface area contributed by atoms with Crippen molar-refractivity contribution in [2.24, 2.45) is 0 Å². The summed E-state index contributed by atoms with van der Waals surface area (Å²) in [6.07, 6.45) is 6.08. The van der Waals surface area contributed by atoms with Gasteiger partial charge in [-0.2, -0.15) is 0 Å². The molecule has 3 heteroatoms. The lowest BCUT2D eigenvalue weighted by molar-refractivity contribution is -0.150. The van der Waals surface area contributed by atoms with Crippen molar-refractivity contribution in [2.45, 2.75) is 63.5 Å². The van der Waals surface area contributed by atoms with Crippen LogP contribution in [0.25, 0.3) is 0 Å². The van der Waals surface area contributed by atoms with Crippen LogP contribution in [0.3, 0.4) is 0 Å². The lowest BCUT2D eigenvalue weighted by Crippen LogP contribution is -2.49. The van der Waals surface area contributed by atoms with E-state index < -0.39 is 11.5 Å². The highest BCUT2D eigenvalue weighted by atomic mass is 16.4. The van der Waals surface area contributed by atoms with Gasteiger partial charge in [-0.1, -0.05) is 37.6 Å². The first-order valence-corrected chi connectivity index (χ1v) is 8.23. The zero-order valence-electron chi connectivity index (χ0n) is 12.8. The van der Waals surface area contributed by atoms with Crippen molar-refractivity contribution < 1.29 is 9.90 Å². The molecule has 1 N–H and O–H groups in total. The maximum atomic E-state index is 11.9. The summed E-state index contributed by atoms with van der Waals surface area (Å²) in [6, 6.07) is 8.76. The molecule has 114 valence electrons. The maximum absolute atomic E-state index is 11.9. The number of hydrogen-bond donors (Lipinski definition) is 1. The van der Waals surface area contributed by atoms with Crippen LogP contribution >= 0.6 is 0 Å². The Morgan fingerprint density at radius 1 is 1.43 bits per heavy atom. The topological polar surface area (TPSA) is 40.5 Å². The van der Waals surface area contributed by atoms with Crippen LogP contribution in [0.15, 0.2) is 24.3 Å². The predicted molar refractivity (Wildman–Crippen MR) is 83.3 cm³/mol. The van der Waals surface area contributed by atoms with E-state index in [-0.39, 0.29) is 0 Å². The molecule has 3 nitrogen and oxygen atoms in total. The summed E-state index contributed by atoms with van der Waals surface area (Å²) >= 11 is 0. The van der Waals surface area contributed by atoms with Crippen LogP contribution in [-0.2, 0) is 11.3 Å². The Morgan fingerprint density at radius 3 is 2.90 bits per heavy atom. The summed E-state index contributed by atoms with van der Waals surface area (Å²) in [6.45, 7) is 3.75. The van der Waals surface area contributed by atoms with E-state index in [4.69, 9.17) is 0 Å². The van der Waals surface area contributed by atoms with Crippen LogP contribution in [0.4, 0.5) is 0 Å². The van der Waals surface area contributed by atoms with E-state index in [0.29, 0.717) is 0 Å². The summed E-state index contributed by atoms with van der Waals surface area (Å²) in [4.78, 5) is 14.1. The van der Waals surface area contributed by atoms with Gasteiger partial charge in [0.15, 0.2) is 0 Å². The average molecular weight is 287 g/mol. The van der Waals surface area contributed by atoms with Gasteiger partial charge in [-0.3, -0.25) is 9.69 Å². The fourth-order valence-electron chi connectivity index (χ4n) is 3.79. The number of carboxylic acids is 1. The zero-order chi connectivity index (χ0) is 14.9. The molecule has 0 bridgehead atoms. The molecule has 1 unspecified atom stereocenters. The van der Waals surface area contributed by atoms with Crippen LogP contribution < -0.4 is 0 Å². The Kier molecular flexibility index (Phi) is 4.03. The van der Waals surface area contributed by atoms with Crippen molar-refractivity contribution in [2.75, 3.05) is 6.54 Å². The van der Waals surface area contributed by atoms with Gasteiger partial charge >= 0.3 is 5.97 Å². The fourth-order valence-corrected chi connectivity index (χ4v) is 3.79. The van der Waals surface area contributed by atoms with Gasteiger partial charge in [-0.25, -0.2) is 0 Å². The molecule has 0 aromatic heterocycles. The monoisotopic (exact) mass is 287 g/mol. The smallest absolute Gasteiger partial charge is 0.324 e. The molecule has 1 saturated heterocycles. The molecular weight excluding hydrogens is 262 g/mol. The third kappa shape index (κ3) is 2.84. The summed E-state index contributed by atoms with van der Waals surface area (Å²) in [5.41, 5.74) is 2.07. The van der Waals surface area contributed by atoms with Gasteiger partial charge in [-0.15, -0.1) is 0 Å². The number of hydrogen-bond acceptors (Lipinski definition) is 2. The molecule has 1 saturated carbocycles. The first-order chi connectivity index (χ1) is 10.2. The minimum Gasteiger partial charge on any atom is -0.480 e. The van der Waals surface area contributed by atoms with E-state index in [2.05, 4.69) is 36.1 Å². The van der Waals surface area contributed by atoms with Crippen molar-refractivity contribution in [1.29, 1.82) is 0 Å². The molecule has 2 aliphatic rings. The SMILES string of the molecule is CCCC1(C(=O)O)CCCN1Cc1cccc(C2CC2)c1. The van der Waals surface area contributed by atoms with Crippen molar-refractivity contribution in [3.8, 4) is 0 Å². The first kappa shape index (κ1) is 14.6. The molecule has 1 heterocycles. The number of benzene rings is 1. The number of carbonyl (C=O) groups is 1. The van der Waals surface area contributed by atoms with Gasteiger partial charge in [-0.05, 0) is 55.7 Å². The minimum atomic E-state index is -0.639. The maximum Gasteiger partial charge on any atom is 0.324 e. The molecule has 3 rings (SSSR count). The molecule has 2 fully saturated rings. The second kappa shape index (κ2) is 5.80. The number of rotatable bonds is 6. The normalized spacial score (nSPS) is 26.1. The summed E-state index contributed by atoms with van der Waals surface area (Å²) in [7, 11) is 0. The van der Waals surface area contributed by atoms with Crippen molar-refractivity contribution in [1.82, 2.24) is 4.90 Å². The van der Waals surface area contributed by atoms with E-state index in [1.807, 2.05) is 0 Å². The Bertz CT molecular complexity index is 524. The van der Waals surface area contributed by atoms with Crippen LogP contribution in [-0.4, -0.2) is 28.1 Å². The van der Waals surface area contributed by atoms with Crippen LogP contribution in [0.1, 0.15) is 62.5 Å². The van der Waals surface area contributed by atoms with Crippen molar-refractivity contribution in [3.05, 3.63) is 35.4 Å². The molecular formula is C18H25NO2. The third-order valence-electron chi connectivity index (χ3n) is 5.06. The summed E-state index contributed by atoms with van der Waals surface area (Å²) < 4.78 is 0. The van der Waals surface area contributed by atoms with Crippen LogP contribution in [0.5, 0.6) is 0 Å². The van der Waals surface area contributed by atoms with Gasteiger partial charge in [0.05, 0.1) is 0 Å². The molecule has 1 atom stereocenters. The molecule has 21 heavy (non-hydrogen) atoms. The third-order valence-corrected chi connectivity index (χ3v) is 5.06. The number of aliphatic carboxylic acids is 1. The van der Waals surface area contributed by atoms with Crippen molar-refractivity contribution >= 4 is 5.97 Å². The Balaban J connectivity index is 1.79. The van der Waals surface area contributed by atoms with Gasteiger partial charge in [0.2, 0.25) is 0 Å². The van der Waals surface area contributed by atoms with E-state index in [1.165, 1.54) is 24.0 Å². The highest BCUT2D eigenvalue weighted by Crippen LogP contribution is 2.41. The van der Waals surface area contributed by atoms with Crippen molar-refractivity contribution in [3.63, 3.8) is 0 Å². The summed E-state index contributed by atoms with van der Waals surface area (Å²) in [5.74, 6) is 0.114. The molecule has 0 radical (unpaired) electrons. The lowest BCUT2D eigenvalue weighted by atomic mass is 9.90. The first-order valence-electron chi connectivity index (χ1n) is 8.23. The largest absolute Gasteiger partial charge is 0.480 e. The number of carboxylic acid groups (broad SMARTS) is 1. The quantitative estimate of drug-likeness (QED) is 0.865. The Labute approximate surface area is 127 Å². The molecule has 0 spiro atoms. The number of likely N-dealkylation sites (tertiary alicyclic amines) is 1. The molecule has 1 aromatic rings. The zero-order valence-corrected chi connectivity index (χ0v) is 12.8. The Morgan fingerprint density at radius 2 is 2.24 bits per heavy atom. The highest BCUT2D eigenvalue weighted by molar-refractivity contribution is 5.79. The second-order valence-corrected chi connectivity index (χ2v) is 6.63. The lowest BCUT2D eigenvalue weighted by Gasteiger charge is -2.34. The summed E-state index contributed by atoms with van der Waals surface area (Å²) in [5, 5.41) is 9.75. The minimum absolute atomic E-state index is 0.635. The van der Waals surface area contributed by atoms with E-state index in [0.717, 1.165) is 44.7 Å². The Hall–Kier alpha value is -1.35. The van der Waals surface area contributed by atoms with Crippen LogP contribution in [0.2, 0.25) is 0 Å². The van der Waals surface area contributed by atoms with Crippen LogP contribution in [0, 0.1) is 0 Å². The van der Waals surface area contributed by atoms with Gasteiger partial charge in [0, 0.05) is 6.54 Å². The second-order valence-electron chi connectivity index (χ2n) is 6.63. The van der Waals surface area contributed by atoms with Gasteiger partial charge < -0.3 is 5.11 Å². The molecule has 1 aliphatic heterocycles. The standard InChI is InChI=1S/C18H25NO2/c1-2-9-18(17(20)21)10-4-11-19(18)13-14-5-3-6-16(12-14)15-7-8-15/h3,5-6,12,15H,2,4,7-11,13H2,1H3,(H,20,21). The molecule has 1 aliphatic carbocycles. The molecule has 1 aromatic carbocycles. The van der Waals surface area contributed by atoms with Gasteiger partial charge in [0.25, 0.3) is 0 Å². The van der Waals surface area contributed by atoms with E-state index in [1.54, 1.807) is 0 Å². The average Bonchev–Trinajstić information content (AvgIpc) is 3.24.